The molecule has 0 aliphatic rings. The van der Waals surface area contributed by atoms with E-state index < -0.39 is 0 Å². The average Bonchev–Trinajstić information content (AvgIpc) is 3.10. The highest BCUT2D eigenvalue weighted by Gasteiger charge is 2.15. The summed E-state index contributed by atoms with van der Waals surface area (Å²) in [6, 6.07) is 20.2. The molecule has 0 fully saturated rings. The van der Waals surface area contributed by atoms with Gasteiger partial charge < -0.3 is 14.8 Å². The van der Waals surface area contributed by atoms with E-state index in [0.717, 1.165) is 23.5 Å². The highest BCUT2D eigenvalue weighted by Crippen LogP contribution is 2.14. The highest BCUT2D eigenvalue weighted by atomic mass is 16.2. The fourth-order valence-corrected chi connectivity index (χ4v) is 3.16. The quantitative estimate of drug-likeness (QED) is 0.555. The van der Waals surface area contributed by atoms with Crippen molar-refractivity contribution in [2.75, 3.05) is 11.9 Å². The van der Waals surface area contributed by atoms with Crippen molar-refractivity contribution in [1.29, 1.82) is 0 Å². The van der Waals surface area contributed by atoms with Crippen molar-refractivity contribution in [3.8, 4) is 0 Å². The molecule has 4 heteroatoms. The van der Waals surface area contributed by atoms with Gasteiger partial charge in [-0.1, -0.05) is 53.6 Å². The minimum Gasteiger partial charge on any atom is -0.345 e. The van der Waals surface area contributed by atoms with Crippen LogP contribution in [0.2, 0.25) is 0 Å². The maximum Gasteiger partial charge on any atom is 0.322 e. The third-order valence-corrected chi connectivity index (χ3v) is 4.65. The summed E-state index contributed by atoms with van der Waals surface area (Å²) in [5, 5.41) is 2.97. The zero-order valence-corrected chi connectivity index (χ0v) is 16.6. The van der Waals surface area contributed by atoms with E-state index in [-0.39, 0.29) is 6.03 Å². The molecule has 0 bridgehead atoms. The van der Waals surface area contributed by atoms with Crippen molar-refractivity contribution in [1.82, 2.24) is 9.47 Å². The Morgan fingerprint density at radius 1 is 1.07 bits per heavy atom. The molecule has 0 saturated heterocycles. The van der Waals surface area contributed by atoms with E-state index in [1.54, 1.807) is 11.0 Å². The van der Waals surface area contributed by atoms with Gasteiger partial charge >= 0.3 is 6.03 Å². The first-order valence-electron chi connectivity index (χ1n) is 9.48. The molecule has 0 aliphatic heterocycles. The van der Waals surface area contributed by atoms with Crippen LogP contribution < -0.4 is 5.32 Å². The molecule has 28 heavy (non-hydrogen) atoms. The minimum absolute atomic E-state index is 0.132. The van der Waals surface area contributed by atoms with E-state index in [9.17, 15) is 4.79 Å². The fourth-order valence-electron chi connectivity index (χ4n) is 3.16. The molecule has 0 aliphatic carbocycles. The van der Waals surface area contributed by atoms with Crippen molar-refractivity contribution in [3.63, 3.8) is 0 Å². The minimum atomic E-state index is -0.132. The Bertz CT molecular complexity index is 940. The van der Waals surface area contributed by atoms with Crippen LogP contribution in [0.15, 0.2) is 79.5 Å². The van der Waals surface area contributed by atoms with E-state index in [1.165, 1.54) is 11.1 Å². The van der Waals surface area contributed by atoms with Crippen molar-refractivity contribution >= 4 is 11.7 Å². The summed E-state index contributed by atoms with van der Waals surface area (Å²) < 4.78 is 2.18. The Hall–Kier alpha value is -3.27. The van der Waals surface area contributed by atoms with E-state index in [0.29, 0.717) is 13.1 Å². The number of nitrogens with one attached hydrogen (secondary N) is 1. The summed E-state index contributed by atoms with van der Waals surface area (Å²) in [5.74, 6) is 0. The number of hydrogen-bond acceptors (Lipinski definition) is 1. The predicted molar refractivity (Wildman–Crippen MR) is 116 cm³/mol. The van der Waals surface area contributed by atoms with Crippen molar-refractivity contribution in [2.45, 2.75) is 26.9 Å². The number of hydrogen-bond donors (Lipinski definition) is 1. The molecular formula is C24H27N3O. The van der Waals surface area contributed by atoms with E-state index in [1.807, 2.05) is 37.3 Å². The van der Waals surface area contributed by atoms with Crippen molar-refractivity contribution in [2.24, 2.45) is 0 Å². The molecule has 1 N–H and O–H groups in total. The molecule has 0 unspecified atom stereocenters. The van der Waals surface area contributed by atoms with E-state index in [2.05, 4.69) is 59.9 Å². The highest BCUT2D eigenvalue weighted by molar-refractivity contribution is 5.89. The molecule has 2 aromatic carbocycles. The van der Waals surface area contributed by atoms with Gasteiger partial charge in [-0.25, -0.2) is 4.79 Å². The van der Waals surface area contributed by atoms with Gasteiger partial charge in [-0.3, -0.25) is 0 Å². The monoisotopic (exact) mass is 373 g/mol. The lowest BCUT2D eigenvalue weighted by atomic mass is 10.1. The van der Waals surface area contributed by atoms with Crippen LogP contribution in [0, 0.1) is 13.8 Å². The Morgan fingerprint density at radius 2 is 1.86 bits per heavy atom. The topological polar surface area (TPSA) is 37.3 Å². The molecule has 3 aromatic rings. The Labute approximate surface area is 167 Å². The lowest BCUT2D eigenvalue weighted by Gasteiger charge is -2.23. The van der Waals surface area contributed by atoms with Gasteiger partial charge in [-0.2, -0.15) is 0 Å². The molecule has 1 heterocycles. The van der Waals surface area contributed by atoms with Crippen LogP contribution >= 0.6 is 0 Å². The second-order valence-corrected chi connectivity index (χ2v) is 7.08. The molecule has 144 valence electrons. The zero-order chi connectivity index (χ0) is 19.9. The lowest BCUT2D eigenvalue weighted by Crippen LogP contribution is -2.35. The third kappa shape index (κ3) is 5.13. The van der Waals surface area contributed by atoms with Crippen LogP contribution in [0.5, 0.6) is 0 Å². The number of rotatable bonds is 7. The number of benzene rings is 2. The molecule has 0 atom stereocenters. The van der Waals surface area contributed by atoms with Crippen LogP contribution in [0.1, 0.15) is 22.4 Å². The number of amides is 2. The van der Waals surface area contributed by atoms with Crippen LogP contribution in [-0.2, 0) is 13.1 Å². The van der Waals surface area contributed by atoms with Gasteiger partial charge in [-0.15, -0.1) is 6.58 Å². The largest absolute Gasteiger partial charge is 0.345 e. The normalized spacial score (nSPS) is 10.5. The molecule has 0 radical (unpaired) electrons. The first kappa shape index (κ1) is 19.5. The molecule has 0 saturated carbocycles. The average molecular weight is 374 g/mol. The summed E-state index contributed by atoms with van der Waals surface area (Å²) in [7, 11) is 0. The molecule has 3 rings (SSSR count). The summed E-state index contributed by atoms with van der Waals surface area (Å²) in [5.41, 5.74) is 5.53. The Balaban J connectivity index is 1.72. The van der Waals surface area contributed by atoms with E-state index >= 15 is 0 Å². The first-order chi connectivity index (χ1) is 13.5. The van der Waals surface area contributed by atoms with Gasteiger partial charge in [0.1, 0.15) is 0 Å². The summed E-state index contributed by atoms with van der Waals surface area (Å²) >= 11 is 0. The number of aromatic nitrogens is 1. The summed E-state index contributed by atoms with van der Waals surface area (Å²) in [4.78, 5) is 14.5. The van der Waals surface area contributed by atoms with E-state index in [4.69, 9.17) is 0 Å². The Kier molecular flexibility index (Phi) is 6.33. The fraction of sp³-hybridized carbons (Fsp3) is 0.208. The van der Waals surface area contributed by atoms with Crippen molar-refractivity contribution in [3.05, 3.63) is 102 Å². The number of urea groups is 1. The smallest absolute Gasteiger partial charge is 0.322 e. The van der Waals surface area contributed by atoms with Crippen LogP contribution in [0.4, 0.5) is 10.5 Å². The number of aryl methyl sites for hydroxylation is 2. The second-order valence-electron chi connectivity index (χ2n) is 7.08. The third-order valence-electron chi connectivity index (χ3n) is 4.65. The molecule has 0 spiro atoms. The van der Waals surface area contributed by atoms with Gasteiger partial charge in [0.2, 0.25) is 0 Å². The van der Waals surface area contributed by atoms with Crippen LogP contribution in [0.25, 0.3) is 0 Å². The predicted octanol–water partition coefficient (Wildman–Crippen LogP) is 5.37. The first-order valence-corrected chi connectivity index (χ1v) is 9.48. The van der Waals surface area contributed by atoms with Gasteiger partial charge in [0.15, 0.2) is 0 Å². The number of carbonyl (C=O) groups excluding carboxylic acids is 1. The standard InChI is InChI=1S/C24H27N3O/c1-4-14-27(24(28)25-22-12-10-19(2)11-13-22)18-23-9-6-15-26(23)17-21-8-5-7-20(3)16-21/h4-13,15-16H,1,14,17-18H2,2-3H3,(H,25,28). The molecule has 4 nitrogen and oxygen atoms in total. The Morgan fingerprint density at radius 3 is 2.57 bits per heavy atom. The van der Waals surface area contributed by atoms with Gasteiger partial charge in [-0.05, 0) is 43.7 Å². The SMILES string of the molecule is C=CCN(Cc1cccn1Cc1cccc(C)c1)C(=O)Nc1ccc(C)cc1. The van der Waals surface area contributed by atoms with Gasteiger partial charge in [0.05, 0.1) is 6.54 Å². The zero-order valence-electron chi connectivity index (χ0n) is 16.6. The number of carbonyl (C=O) groups is 1. The van der Waals surface area contributed by atoms with Crippen molar-refractivity contribution < 1.29 is 4.79 Å². The molecule has 2 amide bonds. The lowest BCUT2D eigenvalue weighted by molar-refractivity contribution is 0.214. The van der Waals surface area contributed by atoms with Gasteiger partial charge in [0, 0.05) is 30.7 Å². The number of anilines is 1. The number of nitrogens with zero attached hydrogens (tertiary/aromatic N) is 2. The van der Waals surface area contributed by atoms with Crippen LogP contribution in [0.3, 0.4) is 0 Å². The maximum absolute atomic E-state index is 12.8. The van der Waals surface area contributed by atoms with Crippen LogP contribution in [-0.4, -0.2) is 22.0 Å². The second kappa shape index (κ2) is 9.09. The van der Waals surface area contributed by atoms with Gasteiger partial charge in [0.25, 0.3) is 0 Å². The summed E-state index contributed by atoms with van der Waals surface area (Å²) in [6.45, 7) is 9.71. The molecule has 1 aromatic heterocycles. The molecular weight excluding hydrogens is 346 g/mol. The maximum atomic E-state index is 12.8. The summed E-state index contributed by atoms with van der Waals surface area (Å²) in [6.07, 6.45) is 3.81.